The van der Waals surface area contributed by atoms with Gasteiger partial charge in [-0.1, -0.05) is 141 Å². The van der Waals surface area contributed by atoms with E-state index in [-0.39, 0.29) is 36.6 Å². The van der Waals surface area contributed by atoms with Crippen molar-refractivity contribution in [1.82, 2.24) is 41.7 Å². The highest BCUT2D eigenvalue weighted by Gasteiger charge is 2.24. The van der Waals surface area contributed by atoms with Crippen LogP contribution in [0.4, 0.5) is 9.59 Å². The molecule has 2 atom stereocenters. The van der Waals surface area contributed by atoms with Crippen LogP contribution in [0, 0.1) is 0 Å². The lowest BCUT2D eigenvalue weighted by Gasteiger charge is -2.34. The monoisotopic (exact) mass is 1100 g/mol. The third kappa shape index (κ3) is 49.1. The molecule has 16 heteroatoms. The van der Waals surface area contributed by atoms with Crippen LogP contribution in [0.5, 0.6) is 0 Å². The number of amides is 5. The van der Waals surface area contributed by atoms with Gasteiger partial charge in [0.15, 0.2) is 5.78 Å². The van der Waals surface area contributed by atoms with Crippen LogP contribution in [-0.2, 0) is 28.7 Å². The molecule has 1 fully saturated rings. The van der Waals surface area contributed by atoms with Crippen molar-refractivity contribution in [2.24, 2.45) is 0 Å². The first-order chi connectivity index (χ1) is 37.3. The summed E-state index contributed by atoms with van der Waals surface area (Å²) in [6.45, 7) is 22.2. The quantitative estimate of drug-likeness (QED) is 0.0251. The molecular formula is C62H118N8O8. The van der Waals surface area contributed by atoms with Gasteiger partial charge in [-0.05, 0) is 133 Å². The van der Waals surface area contributed by atoms with Crippen molar-refractivity contribution in [2.75, 3.05) is 59.7 Å². The molecule has 1 saturated heterocycles. The van der Waals surface area contributed by atoms with Crippen molar-refractivity contribution in [1.29, 1.82) is 0 Å². The van der Waals surface area contributed by atoms with E-state index < -0.39 is 35.5 Å². The second-order valence-electron chi connectivity index (χ2n) is 23.4. The number of Topliss-reactive ketones (excluding diaryl/α,β-unsaturated/α-hetero) is 1. The maximum atomic E-state index is 13.1. The molecule has 78 heavy (non-hydrogen) atoms. The van der Waals surface area contributed by atoms with E-state index in [4.69, 9.17) is 9.47 Å². The number of hydrogen-bond acceptors (Lipinski definition) is 11. The minimum atomic E-state index is -0.717. The van der Waals surface area contributed by atoms with Gasteiger partial charge in [-0.2, -0.15) is 0 Å². The maximum Gasteiger partial charge on any atom is 0.407 e. The molecule has 5 amide bonds. The van der Waals surface area contributed by atoms with Crippen LogP contribution in [0.1, 0.15) is 255 Å². The molecule has 0 aliphatic carbocycles. The number of piperazine rings is 1. The van der Waals surface area contributed by atoms with Crippen LogP contribution in [0.25, 0.3) is 0 Å². The predicted molar refractivity (Wildman–Crippen MR) is 321 cm³/mol. The molecule has 454 valence electrons. The number of ether oxygens (including phenoxy) is 2. The summed E-state index contributed by atoms with van der Waals surface area (Å²) in [5.74, 6) is -0.564. The standard InChI is InChI=1S/C34H66N6O4.C28H52N2O4/c1-6-7-8-9-10-11-12-13-14-15-16-17-18-19-20-21-31(41)38-30(22-23-36-33(43)44-34(2,3)4)32(42)37-29-40-26-24-39(25-27-40)28-35-5;1-6-7-8-9-10-11-12-13-14-15-16-17-18-19-20-21-26(32)30-25(24(2)31)22-23-29-27(33)34-28(3,4)5/h13-14,30,35H,6-12,15-29H2,1-5H3,(H,36,43)(H,37,42)(H,38,41);13-14,25H,6-12,15-23H2,1-5H3,(H,29,33)(H,30,32)/b2*14-13-/t30-;25-/m00/s1. The molecule has 1 heterocycles. The largest absolute Gasteiger partial charge is 0.444 e. The minimum Gasteiger partial charge on any atom is -0.444 e. The number of carbonyl (C=O) groups excluding carboxylic acids is 6. The molecule has 1 rings (SSSR count). The summed E-state index contributed by atoms with van der Waals surface area (Å²) in [5.41, 5.74) is -1.17. The molecule has 0 unspecified atom stereocenters. The van der Waals surface area contributed by atoms with Crippen molar-refractivity contribution in [3.05, 3.63) is 24.3 Å². The van der Waals surface area contributed by atoms with Crippen molar-refractivity contribution in [3.8, 4) is 0 Å². The zero-order valence-corrected chi connectivity index (χ0v) is 51.5. The maximum absolute atomic E-state index is 13.1. The molecule has 0 aromatic carbocycles. The Balaban J connectivity index is 0.00000157. The van der Waals surface area contributed by atoms with Gasteiger partial charge < -0.3 is 41.4 Å². The lowest BCUT2D eigenvalue weighted by molar-refractivity contribution is -0.129. The van der Waals surface area contributed by atoms with Gasteiger partial charge in [0.25, 0.3) is 0 Å². The highest BCUT2D eigenvalue weighted by Crippen LogP contribution is 2.14. The molecule has 0 aromatic heterocycles. The van der Waals surface area contributed by atoms with Gasteiger partial charge in [-0.15, -0.1) is 0 Å². The summed E-state index contributed by atoms with van der Waals surface area (Å²) in [6, 6.07) is -1.29. The Hall–Kier alpha value is -4.02. The fourth-order valence-corrected chi connectivity index (χ4v) is 8.80. The second-order valence-corrected chi connectivity index (χ2v) is 23.4. The second kappa shape index (κ2) is 48.8. The molecule has 16 nitrogen and oxygen atoms in total. The fraction of sp³-hybridized carbons (Fsp3) is 0.839. The van der Waals surface area contributed by atoms with E-state index in [0.717, 1.165) is 84.2 Å². The summed E-state index contributed by atoms with van der Waals surface area (Å²) < 4.78 is 10.5. The van der Waals surface area contributed by atoms with Crippen molar-refractivity contribution in [3.63, 3.8) is 0 Å². The van der Waals surface area contributed by atoms with Gasteiger partial charge >= 0.3 is 12.2 Å². The summed E-state index contributed by atoms with van der Waals surface area (Å²) in [6.07, 6.45) is 41.3. The van der Waals surface area contributed by atoms with E-state index in [2.05, 4.69) is 79.9 Å². The van der Waals surface area contributed by atoms with Gasteiger partial charge in [-0.25, -0.2) is 9.59 Å². The van der Waals surface area contributed by atoms with Gasteiger partial charge in [-0.3, -0.25) is 29.0 Å². The Morgan fingerprint density at radius 2 is 0.795 bits per heavy atom. The van der Waals surface area contributed by atoms with Crippen LogP contribution in [0.15, 0.2) is 24.3 Å². The van der Waals surface area contributed by atoms with Crippen LogP contribution < -0.4 is 31.9 Å². The molecular weight excluding hydrogens is 985 g/mol. The van der Waals surface area contributed by atoms with Gasteiger partial charge in [0.05, 0.1) is 12.7 Å². The van der Waals surface area contributed by atoms with E-state index in [1.165, 1.54) is 122 Å². The Labute approximate surface area is 476 Å². The minimum absolute atomic E-state index is 0.102. The zero-order chi connectivity index (χ0) is 58.1. The van der Waals surface area contributed by atoms with E-state index >= 15 is 0 Å². The number of rotatable bonds is 44. The fourth-order valence-electron chi connectivity index (χ4n) is 8.80. The lowest BCUT2D eigenvalue weighted by Crippen LogP contribution is -2.54. The molecule has 0 bridgehead atoms. The Kier molecular flexibility index (Phi) is 46.3. The first-order valence-electron chi connectivity index (χ1n) is 31.0. The van der Waals surface area contributed by atoms with Crippen LogP contribution in [0.3, 0.4) is 0 Å². The third-order valence-electron chi connectivity index (χ3n) is 13.3. The highest BCUT2D eigenvalue weighted by molar-refractivity contribution is 5.88. The average molecular weight is 1100 g/mol. The van der Waals surface area contributed by atoms with Crippen molar-refractivity contribution >= 4 is 35.7 Å². The van der Waals surface area contributed by atoms with Crippen molar-refractivity contribution in [2.45, 2.75) is 278 Å². The molecule has 0 saturated carbocycles. The molecule has 1 aliphatic rings. The van der Waals surface area contributed by atoms with Gasteiger partial charge in [0.2, 0.25) is 17.7 Å². The topological polar surface area (TPSA) is 200 Å². The van der Waals surface area contributed by atoms with Crippen molar-refractivity contribution < 1.29 is 38.2 Å². The number of hydrogen-bond donors (Lipinski definition) is 6. The molecule has 0 radical (unpaired) electrons. The van der Waals surface area contributed by atoms with E-state index in [9.17, 15) is 28.8 Å². The summed E-state index contributed by atoms with van der Waals surface area (Å²) >= 11 is 0. The van der Waals surface area contributed by atoms with Crippen LogP contribution in [-0.4, -0.2) is 128 Å². The summed E-state index contributed by atoms with van der Waals surface area (Å²) in [7, 11) is 1.94. The smallest absolute Gasteiger partial charge is 0.407 e. The highest BCUT2D eigenvalue weighted by atomic mass is 16.6. The zero-order valence-electron chi connectivity index (χ0n) is 51.5. The Morgan fingerprint density at radius 1 is 0.462 bits per heavy atom. The molecule has 0 aromatic rings. The first-order valence-corrected chi connectivity index (χ1v) is 31.0. The van der Waals surface area contributed by atoms with Crippen LogP contribution >= 0.6 is 0 Å². The summed E-state index contributed by atoms with van der Waals surface area (Å²) in [4.78, 5) is 78.1. The van der Waals surface area contributed by atoms with Gasteiger partial charge in [0.1, 0.15) is 17.2 Å². The number of alkyl carbamates (subject to hydrolysis) is 2. The molecule has 1 aliphatic heterocycles. The Morgan fingerprint density at radius 3 is 1.15 bits per heavy atom. The Bertz CT molecular complexity index is 1610. The average Bonchev–Trinajstić information content (AvgIpc) is 3.37. The predicted octanol–water partition coefficient (Wildman–Crippen LogP) is 12.3. The van der Waals surface area contributed by atoms with E-state index in [0.29, 0.717) is 32.4 Å². The normalized spacial score (nSPS) is 14.1. The number of carbonyl (C=O) groups is 6. The number of allylic oxidation sites excluding steroid dienone is 4. The number of nitrogens with zero attached hydrogens (tertiary/aromatic N) is 2. The van der Waals surface area contributed by atoms with Gasteiger partial charge in [0, 0.05) is 58.8 Å². The molecule has 0 spiro atoms. The third-order valence-corrected chi connectivity index (χ3v) is 13.3. The number of nitrogens with one attached hydrogen (secondary N) is 6. The number of ketones is 1. The van der Waals surface area contributed by atoms with E-state index in [1.807, 2.05) is 7.05 Å². The first kappa shape index (κ1) is 74.0. The van der Waals surface area contributed by atoms with E-state index in [1.54, 1.807) is 41.5 Å². The SMILES string of the molecule is CCCCCCCC/C=C\CCCCCCCC(=O)N[C@@H](CCNC(=O)OC(C)(C)C)C(=O)NCN1CCN(CNC)CC1.CCCCCCCC/C=C\CCCCCCCC(=O)N[C@@H](CCNC(=O)OC(C)(C)C)C(C)=O. The summed E-state index contributed by atoms with van der Waals surface area (Å²) in [5, 5.41) is 17.2. The van der Waals surface area contributed by atoms with Crippen LogP contribution in [0.2, 0.25) is 0 Å². The lowest BCUT2D eigenvalue weighted by atomic mass is 10.1. The number of unbranched alkanes of at least 4 members (excludes halogenated alkanes) is 22. The molecule has 6 N–H and O–H groups in total.